The van der Waals surface area contributed by atoms with E-state index in [1.54, 1.807) is 13.8 Å². The summed E-state index contributed by atoms with van der Waals surface area (Å²) >= 11 is 0. The predicted molar refractivity (Wildman–Crippen MR) is 55.6 cm³/mol. The van der Waals surface area contributed by atoms with Crippen LogP contribution >= 0.6 is 0 Å². The molecule has 2 nitrogen and oxygen atoms in total. The Morgan fingerprint density at radius 3 is 2.57 bits per heavy atom. The lowest BCUT2D eigenvalue weighted by atomic mass is 9.98. The summed E-state index contributed by atoms with van der Waals surface area (Å²) in [4.78, 5) is 11.5. The van der Waals surface area contributed by atoms with E-state index in [0.717, 1.165) is 12.8 Å². The molecule has 0 aromatic carbocycles. The van der Waals surface area contributed by atoms with Gasteiger partial charge in [-0.1, -0.05) is 12.3 Å². The van der Waals surface area contributed by atoms with Crippen molar-refractivity contribution in [3.63, 3.8) is 0 Å². The van der Waals surface area contributed by atoms with Crippen molar-refractivity contribution in [2.24, 2.45) is 5.92 Å². The molecule has 0 bridgehead atoms. The fourth-order valence-corrected chi connectivity index (χ4v) is 1.72. The Labute approximate surface area is 86.0 Å². The molecule has 0 aromatic rings. The highest BCUT2D eigenvalue weighted by molar-refractivity contribution is 5.75. The van der Waals surface area contributed by atoms with Gasteiger partial charge in [0.25, 0.3) is 0 Å². The molecule has 0 saturated heterocycles. The van der Waals surface area contributed by atoms with Crippen LogP contribution in [-0.2, 0) is 9.53 Å². The van der Waals surface area contributed by atoms with Crippen LogP contribution in [0.1, 0.15) is 46.0 Å². The predicted octanol–water partition coefficient (Wildman–Crippen LogP) is 2.52. The summed E-state index contributed by atoms with van der Waals surface area (Å²) in [6.07, 6.45) is 5.85. The quantitative estimate of drug-likeness (QED) is 0.498. The van der Waals surface area contributed by atoms with Crippen LogP contribution in [0.5, 0.6) is 0 Å². The molecule has 1 rings (SSSR count). The van der Waals surface area contributed by atoms with Crippen molar-refractivity contribution in [3.05, 3.63) is 0 Å². The van der Waals surface area contributed by atoms with Gasteiger partial charge in [0.05, 0.1) is 0 Å². The monoisotopic (exact) mass is 194 g/mol. The summed E-state index contributed by atoms with van der Waals surface area (Å²) in [7, 11) is 0. The molecule has 1 unspecified atom stereocenters. The van der Waals surface area contributed by atoms with E-state index in [1.165, 1.54) is 19.3 Å². The number of carbonyl (C=O) groups is 1. The fourth-order valence-electron chi connectivity index (χ4n) is 1.72. The number of carbonyl (C=O) groups excluding carboxylic acids is 1. The van der Waals surface area contributed by atoms with E-state index in [1.807, 2.05) is 0 Å². The number of ether oxygens (including phenoxy) is 1. The van der Waals surface area contributed by atoms with Crippen molar-refractivity contribution in [2.75, 3.05) is 0 Å². The summed E-state index contributed by atoms with van der Waals surface area (Å²) in [6.45, 7) is 3.53. The second-order valence-electron chi connectivity index (χ2n) is 3.81. The highest BCUT2D eigenvalue weighted by atomic mass is 16.5. The fraction of sp³-hybridized carbons (Fsp3) is 0.750. The van der Waals surface area contributed by atoms with Crippen molar-refractivity contribution in [2.45, 2.75) is 52.1 Å². The Bertz CT molecular complexity index is 241. The van der Waals surface area contributed by atoms with Crippen LogP contribution < -0.4 is 0 Å². The molecular weight excluding hydrogens is 176 g/mol. The second kappa shape index (κ2) is 5.70. The molecule has 1 atom stereocenters. The van der Waals surface area contributed by atoms with Gasteiger partial charge in [-0.15, -0.1) is 5.92 Å². The van der Waals surface area contributed by atoms with E-state index in [4.69, 9.17) is 4.74 Å². The van der Waals surface area contributed by atoms with Gasteiger partial charge in [0.2, 0.25) is 0 Å². The van der Waals surface area contributed by atoms with Crippen LogP contribution in [0, 0.1) is 17.8 Å². The normalized spacial score (nSPS) is 19.3. The Morgan fingerprint density at radius 2 is 2.00 bits per heavy atom. The average molecular weight is 194 g/mol. The summed E-state index contributed by atoms with van der Waals surface area (Å²) in [5.41, 5.74) is 0. The average Bonchev–Trinajstić information content (AvgIpc) is 2.19. The Hall–Kier alpha value is -0.970. The highest BCUT2D eigenvalue weighted by Crippen LogP contribution is 2.21. The van der Waals surface area contributed by atoms with E-state index in [9.17, 15) is 4.79 Å². The maximum absolute atomic E-state index is 11.5. The molecule has 1 aliphatic rings. The first-order chi connectivity index (χ1) is 6.74. The van der Waals surface area contributed by atoms with Gasteiger partial charge in [-0.05, 0) is 39.5 Å². The van der Waals surface area contributed by atoms with E-state index in [2.05, 4.69) is 11.8 Å². The van der Waals surface area contributed by atoms with Crippen molar-refractivity contribution in [3.8, 4) is 11.8 Å². The molecule has 0 aromatic heterocycles. The summed E-state index contributed by atoms with van der Waals surface area (Å²) in [6, 6.07) is 0. The molecule has 0 radical (unpaired) electrons. The zero-order valence-corrected chi connectivity index (χ0v) is 9.01. The van der Waals surface area contributed by atoms with Gasteiger partial charge >= 0.3 is 5.97 Å². The van der Waals surface area contributed by atoms with Gasteiger partial charge in [0, 0.05) is 0 Å². The standard InChI is InChI=1S/C12H18O2/c1-3-7-10(2)12(13)14-11-8-5-4-6-9-11/h10-11H,4-6,8-9H2,1-2H3. The summed E-state index contributed by atoms with van der Waals surface area (Å²) in [5.74, 6) is 5.11. The SMILES string of the molecule is CC#CC(C)C(=O)OC1CCCCC1. The minimum Gasteiger partial charge on any atom is -0.461 e. The molecule has 0 aliphatic heterocycles. The third kappa shape index (κ3) is 3.41. The lowest BCUT2D eigenvalue weighted by Crippen LogP contribution is -2.24. The molecule has 0 heterocycles. The van der Waals surface area contributed by atoms with Gasteiger partial charge in [0.15, 0.2) is 0 Å². The van der Waals surface area contributed by atoms with Gasteiger partial charge in [-0.3, -0.25) is 4.79 Å². The first-order valence-corrected chi connectivity index (χ1v) is 5.37. The van der Waals surface area contributed by atoms with Gasteiger partial charge < -0.3 is 4.74 Å². The number of esters is 1. The summed E-state index contributed by atoms with van der Waals surface area (Å²) < 4.78 is 5.36. The van der Waals surface area contributed by atoms with Crippen molar-refractivity contribution in [1.82, 2.24) is 0 Å². The van der Waals surface area contributed by atoms with E-state index >= 15 is 0 Å². The molecule has 0 spiro atoms. The number of rotatable bonds is 2. The maximum atomic E-state index is 11.5. The molecule has 14 heavy (non-hydrogen) atoms. The van der Waals surface area contributed by atoms with Crippen LogP contribution in [0.3, 0.4) is 0 Å². The third-order valence-electron chi connectivity index (χ3n) is 2.55. The van der Waals surface area contributed by atoms with E-state index in [0.29, 0.717) is 0 Å². The molecule has 0 N–H and O–H groups in total. The van der Waals surface area contributed by atoms with Crippen LogP contribution in [0.4, 0.5) is 0 Å². The lowest BCUT2D eigenvalue weighted by molar-refractivity contribution is -0.152. The topological polar surface area (TPSA) is 26.3 Å². The molecule has 1 aliphatic carbocycles. The molecule has 2 heteroatoms. The minimum atomic E-state index is -0.276. The zero-order valence-electron chi connectivity index (χ0n) is 9.01. The molecule has 0 amide bonds. The van der Waals surface area contributed by atoms with Gasteiger partial charge in [-0.25, -0.2) is 0 Å². The smallest absolute Gasteiger partial charge is 0.321 e. The molecule has 1 fully saturated rings. The van der Waals surface area contributed by atoms with Crippen LogP contribution in [0.2, 0.25) is 0 Å². The highest BCUT2D eigenvalue weighted by Gasteiger charge is 2.20. The Kier molecular flexibility index (Phi) is 4.52. The zero-order chi connectivity index (χ0) is 10.4. The first kappa shape index (κ1) is 11.1. The van der Waals surface area contributed by atoms with Crippen molar-refractivity contribution >= 4 is 5.97 Å². The van der Waals surface area contributed by atoms with Crippen LogP contribution in [0.25, 0.3) is 0 Å². The molecular formula is C12H18O2. The third-order valence-corrected chi connectivity index (χ3v) is 2.55. The van der Waals surface area contributed by atoms with Gasteiger partial charge in [0.1, 0.15) is 12.0 Å². The van der Waals surface area contributed by atoms with Crippen LogP contribution in [-0.4, -0.2) is 12.1 Å². The Morgan fingerprint density at radius 1 is 1.36 bits per heavy atom. The molecule has 78 valence electrons. The van der Waals surface area contributed by atoms with E-state index in [-0.39, 0.29) is 18.0 Å². The lowest BCUT2D eigenvalue weighted by Gasteiger charge is -2.22. The minimum absolute atomic E-state index is 0.150. The summed E-state index contributed by atoms with van der Waals surface area (Å²) in [5, 5.41) is 0. The second-order valence-corrected chi connectivity index (χ2v) is 3.81. The number of hydrogen-bond acceptors (Lipinski definition) is 2. The van der Waals surface area contributed by atoms with Crippen LogP contribution in [0.15, 0.2) is 0 Å². The Balaban J connectivity index is 2.33. The largest absolute Gasteiger partial charge is 0.461 e. The first-order valence-electron chi connectivity index (χ1n) is 5.37. The van der Waals surface area contributed by atoms with Gasteiger partial charge in [-0.2, -0.15) is 0 Å². The maximum Gasteiger partial charge on any atom is 0.321 e. The van der Waals surface area contributed by atoms with Crippen molar-refractivity contribution < 1.29 is 9.53 Å². The molecule has 1 saturated carbocycles. The van der Waals surface area contributed by atoms with Crippen molar-refractivity contribution in [1.29, 1.82) is 0 Å². The van der Waals surface area contributed by atoms with E-state index < -0.39 is 0 Å². The number of hydrogen-bond donors (Lipinski definition) is 0.